The van der Waals surface area contributed by atoms with Gasteiger partial charge in [-0.2, -0.15) is 0 Å². The highest BCUT2D eigenvalue weighted by Crippen LogP contribution is 2.09. The molecule has 0 fully saturated rings. The number of nitrogen functional groups attached to an aromatic ring is 1. The van der Waals surface area contributed by atoms with Crippen LogP contribution < -0.4 is 11.1 Å². The van der Waals surface area contributed by atoms with Crippen LogP contribution in [-0.2, 0) is 22.5 Å². The van der Waals surface area contributed by atoms with Gasteiger partial charge in [-0.25, -0.2) is 0 Å². The van der Waals surface area contributed by atoms with Crippen LogP contribution in [-0.4, -0.2) is 24.1 Å². The van der Waals surface area contributed by atoms with Crippen LogP contribution in [0.3, 0.4) is 0 Å². The van der Waals surface area contributed by atoms with Gasteiger partial charge in [0.1, 0.15) is 6.04 Å². The van der Waals surface area contributed by atoms with Gasteiger partial charge in [0, 0.05) is 12.7 Å². The fourth-order valence-corrected chi connectivity index (χ4v) is 2.05. The van der Waals surface area contributed by atoms with Crippen molar-refractivity contribution in [2.45, 2.75) is 19.0 Å². The first-order chi connectivity index (χ1) is 10.2. The molecule has 1 atom stereocenters. The fraction of sp³-hybridized carbons (Fsp3) is 0.250. The van der Waals surface area contributed by atoms with Gasteiger partial charge < -0.3 is 10.5 Å². The number of methoxy groups -OCH3 is 1. The zero-order valence-corrected chi connectivity index (χ0v) is 12.0. The molecule has 21 heavy (non-hydrogen) atoms. The number of nitrogens with zero attached hydrogens (tertiary/aromatic N) is 1. The number of aromatic nitrogens is 1. The molecule has 0 saturated carbocycles. The summed E-state index contributed by atoms with van der Waals surface area (Å²) in [7, 11) is 1.39. The van der Waals surface area contributed by atoms with E-state index in [1.54, 1.807) is 18.3 Å². The highest BCUT2D eigenvalue weighted by molar-refractivity contribution is 5.76. The second-order valence-electron chi connectivity index (χ2n) is 4.69. The largest absolute Gasteiger partial charge is 0.468 e. The topological polar surface area (TPSA) is 77.2 Å². The molecule has 2 rings (SSSR count). The monoisotopic (exact) mass is 285 g/mol. The van der Waals surface area contributed by atoms with E-state index in [1.165, 1.54) is 7.11 Å². The van der Waals surface area contributed by atoms with Crippen molar-refractivity contribution in [2.24, 2.45) is 0 Å². The Morgan fingerprint density at radius 1 is 1.29 bits per heavy atom. The Hall–Kier alpha value is -2.40. The summed E-state index contributed by atoms with van der Waals surface area (Å²) in [5.74, 6) is -0.298. The van der Waals surface area contributed by atoms with E-state index in [0.717, 1.165) is 11.3 Å². The molecule has 1 unspecified atom stereocenters. The Labute approximate surface area is 124 Å². The van der Waals surface area contributed by atoms with Crippen molar-refractivity contribution in [2.75, 3.05) is 12.8 Å². The summed E-state index contributed by atoms with van der Waals surface area (Å²) >= 11 is 0. The second kappa shape index (κ2) is 7.40. The number of carbonyl (C=O) groups excluding carboxylic acids is 1. The molecule has 5 nitrogen and oxygen atoms in total. The van der Waals surface area contributed by atoms with Gasteiger partial charge in [0.05, 0.1) is 18.5 Å². The van der Waals surface area contributed by atoms with E-state index in [9.17, 15) is 4.79 Å². The number of ether oxygens (including phenoxy) is 1. The van der Waals surface area contributed by atoms with Gasteiger partial charge in [-0.15, -0.1) is 0 Å². The Morgan fingerprint density at radius 2 is 2.05 bits per heavy atom. The maximum absolute atomic E-state index is 11.9. The minimum atomic E-state index is -0.432. The normalized spacial score (nSPS) is 11.9. The lowest BCUT2D eigenvalue weighted by atomic mass is 10.1. The fourth-order valence-electron chi connectivity index (χ4n) is 2.05. The zero-order valence-electron chi connectivity index (χ0n) is 12.0. The third kappa shape index (κ3) is 4.29. The van der Waals surface area contributed by atoms with Crippen LogP contribution in [0.4, 0.5) is 5.69 Å². The standard InChI is InChI=1S/C16H19N3O2/c1-21-16(20)14(10-12-6-3-2-4-7-12)19-11-15-13(17)8-5-9-18-15/h2-9,14,19H,10-11,17H2,1H3. The molecule has 0 aliphatic heterocycles. The van der Waals surface area contributed by atoms with Gasteiger partial charge in [-0.1, -0.05) is 30.3 Å². The number of nitrogens with one attached hydrogen (secondary N) is 1. The van der Waals surface area contributed by atoms with Gasteiger partial charge in [-0.05, 0) is 24.1 Å². The highest BCUT2D eigenvalue weighted by atomic mass is 16.5. The SMILES string of the molecule is COC(=O)C(Cc1ccccc1)NCc1ncccc1N. The molecule has 1 aromatic heterocycles. The van der Waals surface area contributed by atoms with Crippen LogP contribution in [0.5, 0.6) is 0 Å². The van der Waals surface area contributed by atoms with Crippen molar-refractivity contribution < 1.29 is 9.53 Å². The molecule has 0 spiro atoms. The first-order valence-corrected chi connectivity index (χ1v) is 6.75. The van der Waals surface area contributed by atoms with Crippen LogP contribution in [0, 0.1) is 0 Å². The summed E-state index contributed by atoms with van der Waals surface area (Å²) in [5.41, 5.74) is 8.24. The molecule has 110 valence electrons. The van der Waals surface area contributed by atoms with Crippen LogP contribution in [0.1, 0.15) is 11.3 Å². The summed E-state index contributed by atoms with van der Waals surface area (Å²) in [6, 6.07) is 12.9. The summed E-state index contributed by atoms with van der Waals surface area (Å²) in [5, 5.41) is 3.16. The number of carbonyl (C=O) groups is 1. The molecule has 1 aromatic carbocycles. The molecule has 0 aliphatic carbocycles. The third-order valence-electron chi connectivity index (χ3n) is 3.21. The summed E-state index contributed by atoms with van der Waals surface area (Å²) in [4.78, 5) is 16.1. The van der Waals surface area contributed by atoms with Crippen molar-refractivity contribution in [1.29, 1.82) is 0 Å². The van der Waals surface area contributed by atoms with Gasteiger partial charge in [0.2, 0.25) is 0 Å². The van der Waals surface area contributed by atoms with E-state index in [0.29, 0.717) is 18.7 Å². The lowest BCUT2D eigenvalue weighted by Gasteiger charge is -2.17. The molecular weight excluding hydrogens is 266 g/mol. The predicted molar refractivity (Wildman–Crippen MR) is 81.4 cm³/mol. The molecule has 5 heteroatoms. The first-order valence-electron chi connectivity index (χ1n) is 6.75. The highest BCUT2D eigenvalue weighted by Gasteiger charge is 2.19. The number of anilines is 1. The summed E-state index contributed by atoms with van der Waals surface area (Å²) < 4.78 is 4.85. The van der Waals surface area contributed by atoms with Gasteiger partial charge >= 0.3 is 5.97 Å². The van der Waals surface area contributed by atoms with E-state index in [-0.39, 0.29) is 5.97 Å². The van der Waals surface area contributed by atoms with Crippen LogP contribution in [0.2, 0.25) is 0 Å². The number of rotatable bonds is 6. The minimum absolute atomic E-state index is 0.298. The van der Waals surface area contributed by atoms with Crippen molar-refractivity contribution in [3.63, 3.8) is 0 Å². The maximum Gasteiger partial charge on any atom is 0.323 e. The van der Waals surface area contributed by atoms with Crippen LogP contribution >= 0.6 is 0 Å². The van der Waals surface area contributed by atoms with Crippen LogP contribution in [0.25, 0.3) is 0 Å². The quantitative estimate of drug-likeness (QED) is 0.787. The number of hydrogen-bond donors (Lipinski definition) is 2. The minimum Gasteiger partial charge on any atom is -0.468 e. The predicted octanol–water partition coefficient (Wildman–Crippen LogP) is 1.54. The van der Waals surface area contributed by atoms with Gasteiger partial charge in [-0.3, -0.25) is 15.1 Å². The Morgan fingerprint density at radius 3 is 2.71 bits per heavy atom. The van der Waals surface area contributed by atoms with E-state index in [1.807, 2.05) is 30.3 Å². The molecule has 0 bridgehead atoms. The summed E-state index contributed by atoms with van der Waals surface area (Å²) in [6.45, 7) is 0.416. The van der Waals surface area contributed by atoms with Crippen molar-refractivity contribution in [3.8, 4) is 0 Å². The molecule has 0 amide bonds. The molecule has 2 aromatic rings. The summed E-state index contributed by atoms with van der Waals surface area (Å²) in [6.07, 6.45) is 2.23. The lowest BCUT2D eigenvalue weighted by molar-refractivity contribution is -0.143. The van der Waals surface area contributed by atoms with Gasteiger partial charge in [0.15, 0.2) is 0 Å². The average molecular weight is 285 g/mol. The zero-order chi connectivity index (χ0) is 15.1. The molecule has 0 radical (unpaired) electrons. The number of hydrogen-bond acceptors (Lipinski definition) is 5. The number of benzene rings is 1. The van der Waals surface area contributed by atoms with Crippen LogP contribution in [0.15, 0.2) is 48.7 Å². The van der Waals surface area contributed by atoms with E-state index < -0.39 is 6.04 Å². The molecule has 0 aliphatic rings. The third-order valence-corrected chi connectivity index (χ3v) is 3.21. The first kappa shape index (κ1) is 15.0. The van der Waals surface area contributed by atoms with Gasteiger partial charge in [0.25, 0.3) is 0 Å². The Bertz CT molecular complexity index is 587. The Kier molecular flexibility index (Phi) is 5.29. The molecule has 0 saturated heterocycles. The van der Waals surface area contributed by atoms with Crippen molar-refractivity contribution in [3.05, 3.63) is 59.9 Å². The van der Waals surface area contributed by atoms with E-state index in [2.05, 4.69) is 10.3 Å². The Balaban J connectivity index is 2.03. The molecule has 3 N–H and O–H groups in total. The molecule has 1 heterocycles. The number of pyridine rings is 1. The van der Waals surface area contributed by atoms with E-state index >= 15 is 0 Å². The van der Waals surface area contributed by atoms with Crippen molar-refractivity contribution >= 4 is 11.7 Å². The number of nitrogens with two attached hydrogens (primary N) is 1. The molecular formula is C16H19N3O2. The second-order valence-corrected chi connectivity index (χ2v) is 4.69. The average Bonchev–Trinajstić information content (AvgIpc) is 2.53. The number of esters is 1. The maximum atomic E-state index is 11.9. The smallest absolute Gasteiger partial charge is 0.323 e. The lowest BCUT2D eigenvalue weighted by Crippen LogP contribution is -2.39. The van der Waals surface area contributed by atoms with E-state index in [4.69, 9.17) is 10.5 Å². The van der Waals surface area contributed by atoms with Crippen molar-refractivity contribution in [1.82, 2.24) is 10.3 Å².